The summed E-state index contributed by atoms with van der Waals surface area (Å²) < 4.78 is 22.9. The second kappa shape index (κ2) is 56.4. The van der Waals surface area contributed by atoms with Crippen molar-refractivity contribution >= 4 is 5.91 Å². The average Bonchev–Trinajstić information content (AvgIpc) is 2.63. The van der Waals surface area contributed by atoms with Crippen molar-refractivity contribution in [3.05, 3.63) is 72.9 Å². The molecule has 1 amide bonds. The monoisotopic (exact) mass is 1220 g/mol. The van der Waals surface area contributed by atoms with Gasteiger partial charge >= 0.3 is 0 Å². The van der Waals surface area contributed by atoms with Crippen LogP contribution in [0.25, 0.3) is 0 Å². The Kier molecular flexibility index (Phi) is 52.2. The number of nitrogens with one attached hydrogen (secondary N) is 1. The quantitative estimate of drug-likeness (QED) is 0.0204. The van der Waals surface area contributed by atoms with Crippen molar-refractivity contribution in [3.63, 3.8) is 0 Å². The van der Waals surface area contributed by atoms with Gasteiger partial charge in [0.1, 0.15) is 48.8 Å². The third-order valence-corrected chi connectivity index (χ3v) is 16.9. The largest absolute Gasteiger partial charge is 0.394 e. The van der Waals surface area contributed by atoms with Gasteiger partial charge in [0.05, 0.1) is 32.0 Å². The van der Waals surface area contributed by atoms with Crippen molar-refractivity contribution in [3.8, 4) is 0 Å². The van der Waals surface area contributed by atoms with Gasteiger partial charge in [0, 0.05) is 6.42 Å². The van der Waals surface area contributed by atoms with Gasteiger partial charge in [-0.05, 0) is 64.2 Å². The average molecular weight is 1220 g/mol. The standard InChI is InChI=1S/C72H129NO13/c1-3-5-7-9-11-13-15-17-19-21-23-24-25-26-27-28-29-30-31-32-33-34-35-36-38-40-42-44-46-48-50-52-54-56-64(77)73-60(61(76)55-53-51-49-47-45-43-41-39-37-22-20-18-16-14-12-10-8-6-4-2)59-83-71-69(82)67(80)70(63(58-75)85-71)86-72-68(81)66(79)65(78)62(57-74)84-72/h5,7,11,13,17,19,23-24,26-27,29-30,60-63,65-72,74-76,78-82H,3-4,6,8-10,12,14-16,18,20-22,25,28,31-59H2,1-2H3,(H,73,77)/b7-5-,13-11-,19-17-,24-23-,27-26-,30-29-. The van der Waals surface area contributed by atoms with Crippen molar-refractivity contribution in [2.45, 2.75) is 357 Å². The first-order chi connectivity index (χ1) is 42.1. The number of allylic oxidation sites excluding steroid dienone is 12. The van der Waals surface area contributed by atoms with Crippen LogP contribution in [-0.2, 0) is 23.7 Å². The van der Waals surface area contributed by atoms with Gasteiger partial charge in [0.15, 0.2) is 12.6 Å². The molecule has 0 spiro atoms. The van der Waals surface area contributed by atoms with Crippen molar-refractivity contribution in [1.29, 1.82) is 0 Å². The molecule has 0 aromatic heterocycles. The molecule has 12 unspecified atom stereocenters. The second-order valence-electron chi connectivity index (χ2n) is 24.6. The van der Waals surface area contributed by atoms with Gasteiger partial charge in [-0.25, -0.2) is 0 Å². The normalized spacial score (nSPS) is 23.8. The third-order valence-electron chi connectivity index (χ3n) is 16.9. The van der Waals surface area contributed by atoms with Crippen LogP contribution in [0.3, 0.4) is 0 Å². The summed E-state index contributed by atoms with van der Waals surface area (Å²) in [5.41, 5.74) is 0. The number of hydrogen-bond donors (Lipinski definition) is 9. The number of ether oxygens (including phenoxy) is 4. The highest BCUT2D eigenvalue weighted by molar-refractivity contribution is 5.76. The first kappa shape index (κ1) is 79.5. The molecule has 14 heteroatoms. The lowest BCUT2D eigenvalue weighted by molar-refractivity contribution is -0.359. The van der Waals surface area contributed by atoms with Crippen molar-refractivity contribution < 1.29 is 64.6 Å². The summed E-state index contributed by atoms with van der Waals surface area (Å²) >= 11 is 0. The number of rotatable bonds is 57. The molecule has 2 aliphatic heterocycles. The molecule has 2 fully saturated rings. The Bertz CT molecular complexity index is 1720. The van der Waals surface area contributed by atoms with Gasteiger partial charge in [-0.1, -0.05) is 286 Å². The van der Waals surface area contributed by atoms with Gasteiger partial charge in [0.2, 0.25) is 5.91 Å². The van der Waals surface area contributed by atoms with E-state index in [4.69, 9.17) is 18.9 Å². The Morgan fingerprint density at radius 3 is 1.23 bits per heavy atom. The van der Waals surface area contributed by atoms with Gasteiger partial charge in [-0.15, -0.1) is 0 Å². The van der Waals surface area contributed by atoms with Gasteiger partial charge < -0.3 is 65.1 Å². The van der Waals surface area contributed by atoms with Gasteiger partial charge in [-0.3, -0.25) is 4.79 Å². The molecule has 2 rings (SSSR count). The fourth-order valence-corrected chi connectivity index (χ4v) is 11.4. The predicted molar refractivity (Wildman–Crippen MR) is 350 cm³/mol. The summed E-state index contributed by atoms with van der Waals surface area (Å²) in [5.74, 6) is -0.206. The van der Waals surface area contributed by atoms with E-state index in [0.29, 0.717) is 12.8 Å². The molecule has 2 saturated heterocycles. The Hall–Kier alpha value is -2.57. The van der Waals surface area contributed by atoms with Crippen LogP contribution in [0.5, 0.6) is 0 Å². The molecular formula is C72H129NO13. The minimum atomic E-state index is -1.78. The molecule has 9 N–H and O–H groups in total. The van der Waals surface area contributed by atoms with Crippen molar-refractivity contribution in [2.24, 2.45) is 0 Å². The number of unbranched alkanes of at least 4 members (excludes halogenated alkanes) is 32. The smallest absolute Gasteiger partial charge is 0.220 e. The van der Waals surface area contributed by atoms with E-state index in [1.54, 1.807) is 0 Å². The van der Waals surface area contributed by atoms with E-state index in [-0.39, 0.29) is 12.5 Å². The molecule has 0 aromatic carbocycles. The fourth-order valence-electron chi connectivity index (χ4n) is 11.4. The summed E-state index contributed by atoms with van der Waals surface area (Å²) in [6.07, 6.45) is 59.1. The summed E-state index contributed by atoms with van der Waals surface area (Å²) in [5, 5.41) is 87.6. The maximum atomic E-state index is 13.4. The number of carbonyl (C=O) groups is 1. The van der Waals surface area contributed by atoms with Gasteiger partial charge in [0.25, 0.3) is 0 Å². The number of aliphatic hydroxyl groups is 8. The van der Waals surface area contributed by atoms with Crippen LogP contribution in [0.4, 0.5) is 0 Å². The van der Waals surface area contributed by atoms with Crippen molar-refractivity contribution in [2.75, 3.05) is 19.8 Å². The van der Waals surface area contributed by atoms with Crippen LogP contribution in [0, 0.1) is 0 Å². The number of carbonyl (C=O) groups excluding carboxylic acids is 1. The molecule has 0 aromatic rings. The number of amides is 1. The van der Waals surface area contributed by atoms with Crippen LogP contribution in [0.1, 0.15) is 284 Å². The Balaban J connectivity index is 1.64. The van der Waals surface area contributed by atoms with E-state index < -0.39 is 86.8 Å². The lowest BCUT2D eigenvalue weighted by Crippen LogP contribution is -2.65. The lowest BCUT2D eigenvalue weighted by Gasteiger charge is -2.46. The maximum absolute atomic E-state index is 13.4. The molecular weight excluding hydrogens is 1090 g/mol. The summed E-state index contributed by atoms with van der Waals surface area (Å²) in [6.45, 7) is 2.78. The van der Waals surface area contributed by atoms with Crippen LogP contribution in [-0.4, -0.2) is 140 Å². The van der Waals surface area contributed by atoms with E-state index in [0.717, 1.165) is 89.9 Å². The lowest BCUT2D eigenvalue weighted by atomic mass is 9.97. The SMILES string of the molecule is CC/C=C\C/C=C\C/C=C\C/C=C\C/C=C\C/C=C\CCCCCCCCCCCCCCCCC(=O)NC(COC1OC(CO)C(OC2OC(CO)C(O)C(O)C2O)C(O)C1O)C(O)CCCCCCCCCCCCCCCCCCCCC. The van der Waals surface area contributed by atoms with Crippen LogP contribution >= 0.6 is 0 Å². The molecule has 0 aliphatic carbocycles. The van der Waals surface area contributed by atoms with Crippen LogP contribution in [0.2, 0.25) is 0 Å². The molecule has 500 valence electrons. The Morgan fingerprint density at radius 1 is 0.430 bits per heavy atom. The predicted octanol–water partition coefficient (Wildman–Crippen LogP) is 14.2. The van der Waals surface area contributed by atoms with Crippen LogP contribution < -0.4 is 5.32 Å². The van der Waals surface area contributed by atoms with Gasteiger partial charge in [-0.2, -0.15) is 0 Å². The molecule has 86 heavy (non-hydrogen) atoms. The second-order valence-corrected chi connectivity index (χ2v) is 24.6. The highest BCUT2D eigenvalue weighted by Crippen LogP contribution is 2.30. The fraction of sp³-hybridized carbons (Fsp3) is 0.819. The summed E-state index contributed by atoms with van der Waals surface area (Å²) in [4.78, 5) is 13.4. The Labute approximate surface area is 523 Å². The van der Waals surface area contributed by atoms with E-state index in [2.05, 4.69) is 92.1 Å². The highest BCUT2D eigenvalue weighted by Gasteiger charge is 2.51. The zero-order valence-electron chi connectivity index (χ0n) is 54.3. The summed E-state index contributed by atoms with van der Waals surface area (Å²) in [7, 11) is 0. The maximum Gasteiger partial charge on any atom is 0.220 e. The molecule has 12 atom stereocenters. The topological polar surface area (TPSA) is 228 Å². The molecule has 0 bridgehead atoms. The minimum Gasteiger partial charge on any atom is -0.394 e. The molecule has 2 heterocycles. The van der Waals surface area contributed by atoms with Crippen molar-refractivity contribution in [1.82, 2.24) is 5.32 Å². The molecule has 2 aliphatic rings. The Morgan fingerprint density at radius 2 is 0.802 bits per heavy atom. The molecule has 0 saturated carbocycles. The molecule has 14 nitrogen and oxygen atoms in total. The zero-order valence-corrected chi connectivity index (χ0v) is 54.3. The van der Waals surface area contributed by atoms with E-state index in [1.165, 1.54) is 167 Å². The third kappa shape index (κ3) is 40.2. The van der Waals surface area contributed by atoms with E-state index in [9.17, 15) is 45.6 Å². The zero-order chi connectivity index (χ0) is 62.3. The number of hydrogen-bond acceptors (Lipinski definition) is 13. The first-order valence-electron chi connectivity index (χ1n) is 35.2. The van der Waals surface area contributed by atoms with E-state index in [1.807, 2.05) is 0 Å². The number of aliphatic hydroxyl groups excluding tert-OH is 8. The first-order valence-corrected chi connectivity index (χ1v) is 35.2. The summed E-state index contributed by atoms with van der Waals surface area (Å²) in [6, 6.07) is -0.833. The van der Waals surface area contributed by atoms with Crippen LogP contribution in [0.15, 0.2) is 72.9 Å². The molecule has 0 radical (unpaired) electrons. The highest BCUT2D eigenvalue weighted by atomic mass is 16.7. The van der Waals surface area contributed by atoms with E-state index >= 15 is 0 Å². The minimum absolute atomic E-state index is 0.206.